The van der Waals surface area contributed by atoms with Crippen LogP contribution in [0.25, 0.3) is 0 Å². The molecule has 0 radical (unpaired) electrons. The molecule has 1 saturated heterocycles. The smallest absolute Gasteiger partial charge is 0.240 e. The van der Waals surface area contributed by atoms with Crippen LogP contribution in [0.3, 0.4) is 0 Å². The van der Waals surface area contributed by atoms with E-state index in [0.717, 1.165) is 38.0 Å². The quantitative estimate of drug-likeness (QED) is 0.861. The van der Waals surface area contributed by atoms with Crippen LogP contribution in [0.1, 0.15) is 37.8 Å². The van der Waals surface area contributed by atoms with Gasteiger partial charge in [0.15, 0.2) is 0 Å². The number of morpholine rings is 1. The zero-order valence-electron chi connectivity index (χ0n) is 14.0. The van der Waals surface area contributed by atoms with E-state index >= 15 is 0 Å². The molecule has 1 heterocycles. The van der Waals surface area contributed by atoms with E-state index in [-0.39, 0.29) is 18.1 Å². The predicted octanol–water partition coefficient (Wildman–Crippen LogP) is 1.40. The molecular formula is C18H27N3O2. The summed E-state index contributed by atoms with van der Waals surface area (Å²) >= 11 is 0. The lowest BCUT2D eigenvalue weighted by atomic mass is 10.1. The third-order valence-electron chi connectivity index (χ3n) is 4.69. The molecule has 5 nitrogen and oxygen atoms in total. The van der Waals surface area contributed by atoms with Crippen LogP contribution in [-0.4, -0.2) is 41.6 Å². The van der Waals surface area contributed by atoms with Gasteiger partial charge in [-0.2, -0.15) is 0 Å². The topological polar surface area (TPSA) is 67.6 Å². The number of carbonyl (C=O) groups excluding carboxylic acids is 1. The lowest BCUT2D eigenvalue weighted by Gasteiger charge is -2.35. The van der Waals surface area contributed by atoms with Crippen LogP contribution in [0.5, 0.6) is 0 Å². The Kier molecular flexibility index (Phi) is 4.71. The number of hydrogen-bond acceptors (Lipinski definition) is 4. The van der Waals surface area contributed by atoms with Crippen molar-refractivity contribution in [1.82, 2.24) is 10.2 Å². The van der Waals surface area contributed by atoms with Crippen molar-refractivity contribution < 1.29 is 9.53 Å². The van der Waals surface area contributed by atoms with Crippen LogP contribution in [0.15, 0.2) is 24.3 Å². The number of nitrogens with zero attached hydrogens (tertiary/aromatic N) is 1. The summed E-state index contributed by atoms with van der Waals surface area (Å²) in [6.07, 6.45) is 2.11. The number of nitrogens with two attached hydrogens (primary N) is 1. The second-order valence-corrected chi connectivity index (χ2v) is 7.06. The first-order chi connectivity index (χ1) is 11.0. The Morgan fingerprint density at radius 2 is 1.87 bits per heavy atom. The molecule has 5 heteroatoms. The summed E-state index contributed by atoms with van der Waals surface area (Å²) < 4.78 is 5.80. The highest BCUT2D eigenvalue weighted by atomic mass is 16.5. The Hall–Kier alpha value is -1.43. The summed E-state index contributed by atoms with van der Waals surface area (Å²) in [7, 11) is 0. The number of hydrogen-bond donors (Lipinski definition) is 2. The Balaban J connectivity index is 1.62. The maximum absolute atomic E-state index is 12.0. The zero-order valence-corrected chi connectivity index (χ0v) is 14.0. The van der Waals surface area contributed by atoms with E-state index in [0.29, 0.717) is 6.54 Å². The second kappa shape index (κ2) is 6.59. The van der Waals surface area contributed by atoms with Crippen LogP contribution in [0.2, 0.25) is 0 Å². The van der Waals surface area contributed by atoms with E-state index in [1.165, 1.54) is 5.56 Å². The van der Waals surface area contributed by atoms with Crippen LogP contribution in [-0.2, 0) is 22.6 Å². The Labute approximate surface area is 138 Å². The molecule has 1 aromatic rings. The summed E-state index contributed by atoms with van der Waals surface area (Å²) in [5.74, 6) is -0.0269. The summed E-state index contributed by atoms with van der Waals surface area (Å²) in [5.41, 5.74) is 7.75. The maximum atomic E-state index is 12.0. The summed E-state index contributed by atoms with van der Waals surface area (Å²) in [6.45, 7) is 7.55. The van der Waals surface area contributed by atoms with Gasteiger partial charge in [0.25, 0.3) is 0 Å². The third kappa shape index (κ3) is 4.10. The molecule has 1 aliphatic heterocycles. The minimum atomic E-state index is -0.607. The molecule has 0 spiro atoms. The number of ether oxygens (including phenoxy) is 1. The van der Waals surface area contributed by atoms with Crippen molar-refractivity contribution >= 4 is 5.91 Å². The number of nitrogens with one attached hydrogen (secondary N) is 1. The first-order valence-electron chi connectivity index (χ1n) is 8.48. The van der Waals surface area contributed by atoms with Crippen LogP contribution < -0.4 is 11.1 Å². The third-order valence-corrected chi connectivity index (χ3v) is 4.69. The van der Waals surface area contributed by atoms with Crippen LogP contribution >= 0.6 is 0 Å². The van der Waals surface area contributed by atoms with Gasteiger partial charge < -0.3 is 15.8 Å². The van der Waals surface area contributed by atoms with E-state index in [9.17, 15) is 4.79 Å². The monoisotopic (exact) mass is 317 g/mol. The zero-order chi connectivity index (χ0) is 16.4. The lowest BCUT2D eigenvalue weighted by Crippen LogP contribution is -2.45. The van der Waals surface area contributed by atoms with Gasteiger partial charge in [0.05, 0.1) is 17.7 Å². The first kappa shape index (κ1) is 16.4. The average Bonchev–Trinajstić information content (AvgIpc) is 3.24. The molecule has 126 valence electrons. The van der Waals surface area contributed by atoms with E-state index in [4.69, 9.17) is 10.5 Å². The Morgan fingerprint density at radius 3 is 2.48 bits per heavy atom. The van der Waals surface area contributed by atoms with Crippen molar-refractivity contribution in [2.75, 3.05) is 13.1 Å². The highest BCUT2D eigenvalue weighted by molar-refractivity contribution is 5.88. The van der Waals surface area contributed by atoms with Gasteiger partial charge >= 0.3 is 0 Å². The van der Waals surface area contributed by atoms with Crippen molar-refractivity contribution in [2.45, 2.75) is 57.5 Å². The molecule has 1 aromatic carbocycles. The molecule has 0 bridgehead atoms. The summed E-state index contributed by atoms with van der Waals surface area (Å²) in [6, 6.07) is 8.30. The maximum Gasteiger partial charge on any atom is 0.240 e. The van der Waals surface area contributed by atoms with Crippen LogP contribution in [0, 0.1) is 0 Å². The average molecular weight is 317 g/mol. The molecule has 0 unspecified atom stereocenters. The van der Waals surface area contributed by atoms with Gasteiger partial charge in [-0.3, -0.25) is 9.69 Å². The van der Waals surface area contributed by atoms with Crippen LogP contribution in [0.4, 0.5) is 0 Å². The molecular weight excluding hydrogens is 290 g/mol. The van der Waals surface area contributed by atoms with Crippen molar-refractivity contribution in [3.8, 4) is 0 Å². The molecule has 2 atom stereocenters. The van der Waals surface area contributed by atoms with Gasteiger partial charge in [-0.25, -0.2) is 0 Å². The number of rotatable bonds is 5. The molecule has 23 heavy (non-hydrogen) atoms. The van der Waals surface area contributed by atoms with Crippen molar-refractivity contribution in [3.05, 3.63) is 35.4 Å². The number of amides is 1. The van der Waals surface area contributed by atoms with Gasteiger partial charge in [-0.05, 0) is 37.8 Å². The van der Waals surface area contributed by atoms with E-state index in [1.54, 1.807) is 0 Å². The normalized spacial score (nSPS) is 26.7. The molecule has 3 N–H and O–H groups in total. The molecule has 1 aliphatic carbocycles. The number of carbonyl (C=O) groups is 1. The Bertz CT molecular complexity index is 561. The molecule has 1 saturated carbocycles. The minimum Gasteiger partial charge on any atom is -0.373 e. The van der Waals surface area contributed by atoms with E-state index in [1.807, 2.05) is 6.07 Å². The van der Waals surface area contributed by atoms with Crippen molar-refractivity contribution in [1.29, 1.82) is 0 Å². The van der Waals surface area contributed by atoms with Gasteiger partial charge in [0.1, 0.15) is 0 Å². The molecule has 3 rings (SSSR count). The Morgan fingerprint density at radius 1 is 1.26 bits per heavy atom. The fourth-order valence-electron chi connectivity index (χ4n) is 3.25. The fourth-order valence-corrected chi connectivity index (χ4v) is 3.25. The molecule has 2 aliphatic rings. The standard InChI is InChI=1S/C18H27N3O2/c1-13-10-21(11-14(2)23-13)12-16-6-4-3-5-15(16)9-20-17(22)18(19)7-8-18/h3-6,13-14H,7-12,19H2,1-2H3,(H,20,22)/t13-,14-/m0/s1. The fraction of sp³-hybridized carbons (Fsp3) is 0.611. The van der Waals surface area contributed by atoms with Gasteiger partial charge in [-0.15, -0.1) is 0 Å². The van der Waals surface area contributed by atoms with Gasteiger partial charge in [0, 0.05) is 26.2 Å². The van der Waals surface area contributed by atoms with Gasteiger partial charge in [-0.1, -0.05) is 24.3 Å². The van der Waals surface area contributed by atoms with Crippen molar-refractivity contribution in [3.63, 3.8) is 0 Å². The summed E-state index contributed by atoms with van der Waals surface area (Å²) in [4.78, 5) is 14.4. The second-order valence-electron chi connectivity index (χ2n) is 7.06. The lowest BCUT2D eigenvalue weighted by molar-refractivity contribution is -0.123. The molecule has 2 fully saturated rings. The van der Waals surface area contributed by atoms with E-state index in [2.05, 4.69) is 42.3 Å². The predicted molar refractivity (Wildman–Crippen MR) is 89.7 cm³/mol. The van der Waals surface area contributed by atoms with Gasteiger partial charge in [0.2, 0.25) is 5.91 Å². The highest BCUT2D eigenvalue weighted by Gasteiger charge is 2.45. The van der Waals surface area contributed by atoms with Crippen molar-refractivity contribution in [2.24, 2.45) is 5.73 Å². The molecule has 1 amide bonds. The SMILES string of the molecule is C[C@H]1CN(Cc2ccccc2CNC(=O)C2(N)CC2)C[C@H](C)O1. The molecule has 0 aromatic heterocycles. The highest BCUT2D eigenvalue weighted by Crippen LogP contribution is 2.32. The minimum absolute atomic E-state index is 0.0269. The number of benzene rings is 1. The first-order valence-corrected chi connectivity index (χ1v) is 8.48. The largest absolute Gasteiger partial charge is 0.373 e. The van der Waals surface area contributed by atoms with E-state index < -0.39 is 5.54 Å². The summed E-state index contributed by atoms with van der Waals surface area (Å²) in [5, 5.41) is 2.99.